The Hall–Kier alpha value is -4.85. The first-order chi connectivity index (χ1) is 34.0. The zero-order chi connectivity index (χ0) is 48.4. The van der Waals surface area contributed by atoms with E-state index in [4.69, 9.17) is 4.74 Å². The summed E-state index contributed by atoms with van der Waals surface area (Å²) in [5.74, 6) is -0.227. The van der Waals surface area contributed by atoms with Gasteiger partial charge >= 0.3 is 5.97 Å². The second-order valence-electron chi connectivity index (χ2n) is 20.9. The minimum absolute atomic E-state index is 0.0475. The number of unbranched alkanes of at least 4 members (excludes halogenated alkanes) is 10. The molecule has 360 valence electrons. The lowest BCUT2D eigenvalue weighted by Gasteiger charge is -2.44. The molecule has 1 atom stereocenters. The van der Waals surface area contributed by atoms with Crippen LogP contribution >= 0.6 is 45.3 Å². The lowest BCUT2D eigenvalue weighted by Crippen LogP contribution is -2.39. The minimum atomic E-state index is -0.227. The van der Waals surface area contributed by atoms with Gasteiger partial charge in [-0.15, -0.1) is 45.3 Å². The molecule has 0 radical (unpaired) electrons. The molecule has 0 aliphatic heterocycles. The highest BCUT2D eigenvalue weighted by Crippen LogP contribution is 2.60. The van der Waals surface area contributed by atoms with Gasteiger partial charge in [0.05, 0.1) is 6.61 Å². The highest BCUT2D eigenvalue weighted by Gasteiger charge is 2.49. The number of carbonyl (C=O) groups excluding carboxylic acids is 1. The molecule has 0 N–H and O–H groups in total. The molecule has 1 aliphatic carbocycles. The number of ether oxygens (including phenoxy) is 1. The zero-order valence-corrected chi connectivity index (χ0v) is 45.4. The molecule has 9 aromatic rings. The van der Waals surface area contributed by atoms with Crippen LogP contribution in [0.15, 0.2) is 121 Å². The number of rotatable bonds is 21. The molecule has 0 fully saturated rings. The number of thiophene rings is 4. The average Bonchev–Trinajstić information content (AvgIpc) is 4.19. The van der Waals surface area contributed by atoms with Crippen LogP contribution in [0.2, 0.25) is 0 Å². The summed E-state index contributed by atoms with van der Waals surface area (Å²) in [6, 6.07) is 43.2. The monoisotopic (exact) mass is 996 g/mol. The molecule has 0 saturated carbocycles. The number of allylic oxidation sites excluding steroid dienone is 1. The molecular formula is C64H68O2S4. The number of aryl methyl sites for hydroxylation is 2. The van der Waals surface area contributed by atoms with Crippen molar-refractivity contribution in [2.24, 2.45) is 5.41 Å². The van der Waals surface area contributed by atoms with Gasteiger partial charge in [0.1, 0.15) is 0 Å². The van der Waals surface area contributed by atoms with Crippen LogP contribution in [0.4, 0.5) is 0 Å². The first kappa shape index (κ1) is 48.8. The number of benzene rings is 5. The van der Waals surface area contributed by atoms with E-state index in [1.165, 1.54) is 187 Å². The van der Waals surface area contributed by atoms with Gasteiger partial charge in [0.15, 0.2) is 0 Å². The molecule has 1 unspecified atom stereocenters. The van der Waals surface area contributed by atoms with E-state index in [-0.39, 0.29) is 16.8 Å². The van der Waals surface area contributed by atoms with Gasteiger partial charge in [-0.1, -0.05) is 152 Å². The minimum Gasteiger partial charge on any atom is -0.463 e. The second kappa shape index (κ2) is 21.1. The van der Waals surface area contributed by atoms with Gasteiger partial charge in [-0.2, -0.15) is 0 Å². The second-order valence-corrected chi connectivity index (χ2v) is 25.3. The summed E-state index contributed by atoms with van der Waals surface area (Å²) >= 11 is 7.79. The van der Waals surface area contributed by atoms with E-state index < -0.39 is 0 Å². The number of hydrogen-bond donors (Lipinski definition) is 0. The lowest BCUT2D eigenvalue weighted by molar-refractivity contribution is -0.137. The normalized spacial score (nSPS) is 14.8. The fourth-order valence-corrected chi connectivity index (χ4v) is 15.5. The third-order valence-electron chi connectivity index (χ3n) is 15.5. The van der Waals surface area contributed by atoms with Gasteiger partial charge in [0.25, 0.3) is 0 Å². The van der Waals surface area contributed by atoms with E-state index in [0.717, 1.165) is 12.8 Å². The zero-order valence-electron chi connectivity index (χ0n) is 42.1. The summed E-state index contributed by atoms with van der Waals surface area (Å²) in [4.78, 5) is 17.0. The Kier molecular flexibility index (Phi) is 14.7. The number of fused-ring (bicyclic) bond motifs is 7. The van der Waals surface area contributed by atoms with E-state index in [9.17, 15) is 4.79 Å². The van der Waals surface area contributed by atoms with Crippen molar-refractivity contribution in [1.82, 2.24) is 0 Å². The van der Waals surface area contributed by atoms with Gasteiger partial charge in [0.2, 0.25) is 0 Å². The quantitative estimate of drug-likeness (QED) is 0.0407. The van der Waals surface area contributed by atoms with Gasteiger partial charge in [-0.25, -0.2) is 4.79 Å². The first-order valence-electron chi connectivity index (χ1n) is 26.1. The summed E-state index contributed by atoms with van der Waals surface area (Å²) in [6.45, 7) is 14.5. The molecule has 4 aromatic heterocycles. The van der Waals surface area contributed by atoms with Crippen LogP contribution in [0.25, 0.3) is 82.8 Å². The molecular weight excluding hydrogens is 929 g/mol. The third kappa shape index (κ3) is 10.0. The predicted molar refractivity (Wildman–Crippen MR) is 310 cm³/mol. The van der Waals surface area contributed by atoms with Crippen LogP contribution in [-0.4, -0.2) is 12.6 Å². The van der Waals surface area contributed by atoms with E-state index in [1.54, 1.807) is 6.08 Å². The third-order valence-corrected chi connectivity index (χ3v) is 20.1. The predicted octanol–water partition coefficient (Wildman–Crippen LogP) is 20.9. The molecule has 2 nitrogen and oxygen atoms in total. The van der Waals surface area contributed by atoms with Crippen molar-refractivity contribution in [3.05, 3.63) is 143 Å². The van der Waals surface area contributed by atoms with Gasteiger partial charge in [0, 0.05) is 49.8 Å². The number of esters is 1. The van der Waals surface area contributed by atoms with E-state index in [0.29, 0.717) is 6.61 Å². The summed E-state index contributed by atoms with van der Waals surface area (Å²) in [5.41, 5.74) is 10.9. The van der Waals surface area contributed by atoms with Crippen molar-refractivity contribution in [2.45, 2.75) is 137 Å². The van der Waals surface area contributed by atoms with Crippen LogP contribution in [0.1, 0.15) is 140 Å². The fourth-order valence-electron chi connectivity index (χ4n) is 11.1. The maximum Gasteiger partial charge on any atom is 0.330 e. The molecule has 10 rings (SSSR count). The van der Waals surface area contributed by atoms with E-state index in [2.05, 4.69) is 144 Å². The van der Waals surface area contributed by atoms with Gasteiger partial charge in [-0.05, 0) is 166 Å². The molecule has 6 heteroatoms. The Labute approximate surface area is 432 Å². The number of hydrogen-bond acceptors (Lipinski definition) is 6. The van der Waals surface area contributed by atoms with E-state index >= 15 is 0 Å². The Morgan fingerprint density at radius 3 is 1.57 bits per heavy atom. The molecule has 4 heterocycles. The highest BCUT2D eigenvalue weighted by atomic mass is 32.1. The van der Waals surface area contributed by atoms with Crippen molar-refractivity contribution in [2.75, 3.05) is 6.61 Å². The molecule has 0 saturated heterocycles. The molecule has 0 spiro atoms. The Balaban J connectivity index is 0.859. The highest BCUT2D eigenvalue weighted by molar-refractivity contribution is 7.24. The maximum absolute atomic E-state index is 11.4. The van der Waals surface area contributed by atoms with E-state index in [1.807, 2.05) is 52.3 Å². The maximum atomic E-state index is 11.4. The summed E-state index contributed by atoms with van der Waals surface area (Å²) in [5, 5.41) is 5.42. The van der Waals surface area contributed by atoms with Crippen LogP contribution in [0.5, 0.6) is 0 Å². The van der Waals surface area contributed by atoms with Crippen LogP contribution < -0.4 is 0 Å². The van der Waals surface area contributed by atoms with Crippen molar-refractivity contribution in [3.63, 3.8) is 0 Å². The average molecular weight is 998 g/mol. The standard InChI is InChI=1S/C64H68O2S4/c1-7-9-10-18-30-63(4,5)64(6)53-33-44(56-37-48-39-58-46(35-59(48)69-56)32-50(67-58)21-17-15-13-11-12-14-16-19-31-66-62(65)20-8-2)26-28-51(53)52-29-27-45(34-54(52)64)57-38-49-41-60-47(40-61(49)70-57)36-55(68-60)43-24-22-42(3)23-25-43/h8,20,22-29,32-41H,7,9-19,21,30-31H2,1-6H3/b20-8-. The molecule has 0 amide bonds. The number of carbonyl (C=O) groups is 1. The largest absolute Gasteiger partial charge is 0.463 e. The molecule has 0 bridgehead atoms. The summed E-state index contributed by atoms with van der Waals surface area (Å²) in [7, 11) is 0. The smallest absolute Gasteiger partial charge is 0.330 e. The first-order valence-corrected chi connectivity index (χ1v) is 29.4. The van der Waals surface area contributed by atoms with Crippen LogP contribution in [0, 0.1) is 12.3 Å². The Morgan fingerprint density at radius 1 is 0.557 bits per heavy atom. The van der Waals surface area contributed by atoms with Gasteiger partial charge in [-0.3, -0.25) is 0 Å². The SMILES string of the molecule is C/C=C\C(=O)OCCCCCCCCCCc1cc2cc3sc(-c4ccc5c(c4)C(C)(C(C)(C)CCCCCC)c4cc(-c6cc7cc8sc(-c9ccc(C)cc9)cc8cc7s6)ccc4-5)cc3cc2s1. The van der Waals surface area contributed by atoms with Crippen molar-refractivity contribution in [1.29, 1.82) is 0 Å². The van der Waals surface area contributed by atoms with Crippen molar-refractivity contribution < 1.29 is 9.53 Å². The fraction of sp³-hybridized carbons (Fsp3) is 0.359. The van der Waals surface area contributed by atoms with Crippen molar-refractivity contribution in [3.8, 4) is 42.4 Å². The van der Waals surface area contributed by atoms with Crippen LogP contribution in [0.3, 0.4) is 0 Å². The Morgan fingerprint density at radius 2 is 1.03 bits per heavy atom. The molecule has 5 aromatic carbocycles. The molecule has 1 aliphatic rings. The van der Waals surface area contributed by atoms with Crippen LogP contribution in [-0.2, 0) is 21.4 Å². The van der Waals surface area contributed by atoms with Crippen molar-refractivity contribution >= 4 is 91.7 Å². The lowest BCUT2D eigenvalue weighted by atomic mass is 9.59. The molecule has 70 heavy (non-hydrogen) atoms. The Bertz CT molecular complexity index is 3230. The summed E-state index contributed by atoms with van der Waals surface area (Å²) in [6.07, 6.45) is 20.4. The summed E-state index contributed by atoms with van der Waals surface area (Å²) < 4.78 is 10.7. The van der Waals surface area contributed by atoms with Gasteiger partial charge < -0.3 is 4.74 Å². The topological polar surface area (TPSA) is 26.3 Å².